The van der Waals surface area contributed by atoms with Crippen LogP contribution in [0.1, 0.15) is 11.1 Å². The number of carbonyl (C=O) groups excluding carboxylic acids is 1. The number of nitriles is 1. The number of nitrogens with one attached hydrogen (secondary N) is 1. The van der Waals surface area contributed by atoms with Gasteiger partial charge in [-0.3, -0.25) is 14.9 Å². The molecule has 8 nitrogen and oxygen atoms in total. The first-order valence-electron chi connectivity index (χ1n) is 9.83. The Kier molecular flexibility index (Phi) is 8.25. The Morgan fingerprint density at radius 2 is 1.91 bits per heavy atom. The topological polar surface area (TPSA) is 114 Å². The van der Waals surface area contributed by atoms with Gasteiger partial charge in [0.1, 0.15) is 29.8 Å². The predicted molar refractivity (Wildman–Crippen MR) is 129 cm³/mol. The van der Waals surface area contributed by atoms with Crippen LogP contribution >= 0.6 is 23.2 Å². The molecule has 3 aromatic rings. The first-order chi connectivity index (χ1) is 16.7. The molecule has 0 saturated heterocycles. The zero-order valence-electron chi connectivity index (χ0n) is 18.1. The van der Waals surface area contributed by atoms with Gasteiger partial charge in [0.05, 0.1) is 17.1 Å². The van der Waals surface area contributed by atoms with E-state index in [0.717, 1.165) is 6.07 Å². The lowest BCUT2D eigenvalue weighted by atomic mass is 10.1. The highest BCUT2D eigenvalue weighted by Gasteiger charge is 2.19. The summed E-state index contributed by atoms with van der Waals surface area (Å²) in [5, 5.41) is 23.3. The zero-order valence-corrected chi connectivity index (χ0v) is 19.6. The molecule has 3 rings (SSSR count). The van der Waals surface area contributed by atoms with Crippen LogP contribution in [0.15, 0.2) is 60.2 Å². The zero-order chi connectivity index (χ0) is 25.5. The largest absolute Gasteiger partial charge is 0.493 e. The van der Waals surface area contributed by atoms with Crippen LogP contribution < -0.4 is 14.8 Å². The van der Waals surface area contributed by atoms with Crippen molar-refractivity contribution >= 4 is 46.6 Å². The molecule has 1 amide bonds. The second-order valence-electron chi connectivity index (χ2n) is 6.99. The van der Waals surface area contributed by atoms with Crippen LogP contribution in [0.25, 0.3) is 6.08 Å². The number of carbonyl (C=O) groups is 1. The summed E-state index contributed by atoms with van der Waals surface area (Å²) >= 11 is 12.1. The molecule has 0 aliphatic heterocycles. The number of benzene rings is 3. The van der Waals surface area contributed by atoms with Gasteiger partial charge < -0.3 is 14.8 Å². The Morgan fingerprint density at radius 1 is 1.20 bits per heavy atom. The number of nitro groups is 1. The fourth-order valence-electron chi connectivity index (χ4n) is 2.97. The molecule has 0 saturated carbocycles. The third-order valence-electron chi connectivity index (χ3n) is 4.63. The van der Waals surface area contributed by atoms with Gasteiger partial charge in [0, 0.05) is 11.1 Å². The van der Waals surface area contributed by atoms with Crippen LogP contribution in [-0.2, 0) is 11.4 Å². The van der Waals surface area contributed by atoms with Crippen molar-refractivity contribution in [1.82, 2.24) is 0 Å². The summed E-state index contributed by atoms with van der Waals surface area (Å²) in [5.74, 6) is -0.791. The summed E-state index contributed by atoms with van der Waals surface area (Å²) in [6.07, 6.45) is 1.25. The van der Waals surface area contributed by atoms with Crippen LogP contribution in [0.2, 0.25) is 10.0 Å². The van der Waals surface area contributed by atoms with Crippen molar-refractivity contribution in [2.45, 2.75) is 6.61 Å². The Balaban J connectivity index is 1.84. The van der Waals surface area contributed by atoms with Crippen molar-refractivity contribution in [3.8, 4) is 17.6 Å². The van der Waals surface area contributed by atoms with E-state index in [1.54, 1.807) is 18.2 Å². The summed E-state index contributed by atoms with van der Waals surface area (Å²) in [5.41, 5.74) is 0.167. The van der Waals surface area contributed by atoms with Crippen molar-refractivity contribution in [3.63, 3.8) is 0 Å². The van der Waals surface area contributed by atoms with E-state index < -0.39 is 16.5 Å². The molecule has 0 aliphatic rings. The third-order valence-corrected chi connectivity index (χ3v) is 5.14. The maximum absolute atomic E-state index is 13.1. The standard InChI is InChI=1S/C24H16Cl2FN3O5/c1-34-22-10-15(9-19(26)23(22)35-13-14-2-5-18(27)6-3-14)8-16(12-28)24(31)29-20-7-4-17(25)11-21(20)30(32)33/h2-11H,13H2,1H3,(H,29,31)/b16-8+. The minimum absolute atomic E-state index is 0.0945. The SMILES string of the molecule is COc1cc(/C=C(\C#N)C(=O)Nc2ccc(Cl)cc2[N+](=O)[O-])cc(Cl)c1OCc1ccc(F)cc1. The van der Waals surface area contributed by atoms with Crippen LogP contribution in [0, 0.1) is 27.3 Å². The Morgan fingerprint density at radius 3 is 2.54 bits per heavy atom. The minimum Gasteiger partial charge on any atom is -0.493 e. The number of anilines is 1. The molecule has 0 bridgehead atoms. The van der Waals surface area contributed by atoms with Crippen LogP contribution in [0.5, 0.6) is 11.5 Å². The van der Waals surface area contributed by atoms with Gasteiger partial charge in [-0.25, -0.2) is 4.39 Å². The van der Waals surface area contributed by atoms with Crippen molar-refractivity contribution in [1.29, 1.82) is 5.26 Å². The van der Waals surface area contributed by atoms with Crippen LogP contribution in [0.3, 0.4) is 0 Å². The molecule has 0 fully saturated rings. The normalized spacial score (nSPS) is 10.9. The van der Waals surface area contributed by atoms with E-state index in [9.17, 15) is 24.6 Å². The van der Waals surface area contributed by atoms with Crippen molar-refractivity contribution in [3.05, 3.63) is 97.3 Å². The molecule has 0 heterocycles. The summed E-state index contributed by atoms with van der Waals surface area (Å²) in [4.78, 5) is 23.2. The Labute approximate surface area is 209 Å². The molecule has 0 unspecified atom stereocenters. The molecule has 11 heteroatoms. The number of rotatable bonds is 8. The highest BCUT2D eigenvalue weighted by atomic mass is 35.5. The highest BCUT2D eigenvalue weighted by molar-refractivity contribution is 6.32. The number of methoxy groups -OCH3 is 1. The first-order valence-corrected chi connectivity index (χ1v) is 10.6. The van der Waals surface area contributed by atoms with E-state index >= 15 is 0 Å². The predicted octanol–water partition coefficient (Wildman–Crippen LogP) is 6.17. The van der Waals surface area contributed by atoms with Gasteiger partial charge >= 0.3 is 0 Å². The molecule has 35 heavy (non-hydrogen) atoms. The first kappa shape index (κ1) is 25.5. The van der Waals surface area contributed by atoms with Gasteiger partial charge in [-0.1, -0.05) is 35.3 Å². The molecular weight excluding hydrogens is 500 g/mol. The van der Waals surface area contributed by atoms with Gasteiger partial charge in [0.15, 0.2) is 11.5 Å². The van der Waals surface area contributed by atoms with Gasteiger partial charge in [-0.2, -0.15) is 5.26 Å². The summed E-state index contributed by atoms with van der Waals surface area (Å²) < 4.78 is 24.1. The number of amides is 1. The second kappa shape index (κ2) is 11.3. The van der Waals surface area contributed by atoms with Crippen molar-refractivity contribution < 1.29 is 23.6 Å². The van der Waals surface area contributed by atoms with Gasteiger partial charge in [0.2, 0.25) is 0 Å². The van der Waals surface area contributed by atoms with Gasteiger partial charge in [-0.05, 0) is 53.6 Å². The number of nitrogens with zero attached hydrogens (tertiary/aromatic N) is 2. The monoisotopic (exact) mass is 515 g/mol. The third kappa shape index (κ3) is 6.47. The lowest BCUT2D eigenvalue weighted by molar-refractivity contribution is -0.383. The maximum Gasteiger partial charge on any atom is 0.294 e. The minimum atomic E-state index is -0.871. The molecular formula is C24H16Cl2FN3O5. The van der Waals surface area contributed by atoms with E-state index in [1.165, 1.54) is 49.6 Å². The van der Waals surface area contributed by atoms with Crippen molar-refractivity contribution in [2.24, 2.45) is 0 Å². The van der Waals surface area contributed by atoms with E-state index in [1.807, 2.05) is 0 Å². The lowest BCUT2D eigenvalue weighted by Crippen LogP contribution is -2.14. The van der Waals surface area contributed by atoms with Crippen LogP contribution in [0.4, 0.5) is 15.8 Å². The van der Waals surface area contributed by atoms with Gasteiger partial charge in [-0.15, -0.1) is 0 Å². The van der Waals surface area contributed by atoms with E-state index in [0.29, 0.717) is 11.1 Å². The van der Waals surface area contributed by atoms with Crippen molar-refractivity contribution in [2.75, 3.05) is 12.4 Å². The number of halogens is 3. The molecule has 1 N–H and O–H groups in total. The fraction of sp³-hybridized carbons (Fsp3) is 0.0833. The second-order valence-corrected chi connectivity index (χ2v) is 7.84. The molecule has 3 aromatic carbocycles. The Hall–Kier alpha value is -4.13. The van der Waals surface area contributed by atoms with Gasteiger partial charge in [0.25, 0.3) is 11.6 Å². The van der Waals surface area contributed by atoms with E-state index in [4.69, 9.17) is 32.7 Å². The average Bonchev–Trinajstić information content (AvgIpc) is 2.83. The van der Waals surface area contributed by atoms with E-state index in [-0.39, 0.29) is 45.2 Å². The smallest absolute Gasteiger partial charge is 0.294 e. The number of ether oxygens (including phenoxy) is 2. The molecule has 0 aromatic heterocycles. The summed E-state index contributed by atoms with van der Waals surface area (Å²) in [6, 6.07) is 14.2. The molecule has 178 valence electrons. The fourth-order valence-corrected chi connectivity index (χ4v) is 3.41. The number of hydrogen-bond acceptors (Lipinski definition) is 6. The van der Waals surface area contributed by atoms with Crippen LogP contribution in [-0.4, -0.2) is 17.9 Å². The molecule has 0 spiro atoms. The Bertz CT molecular complexity index is 1350. The summed E-state index contributed by atoms with van der Waals surface area (Å²) in [6.45, 7) is 0.0945. The average molecular weight is 516 g/mol. The maximum atomic E-state index is 13.1. The summed E-state index contributed by atoms with van der Waals surface area (Å²) in [7, 11) is 1.39. The number of hydrogen-bond donors (Lipinski definition) is 1. The lowest BCUT2D eigenvalue weighted by Gasteiger charge is -2.13. The molecule has 0 atom stereocenters. The molecule has 0 radical (unpaired) electrons. The molecule has 0 aliphatic carbocycles. The highest BCUT2D eigenvalue weighted by Crippen LogP contribution is 2.37. The van der Waals surface area contributed by atoms with E-state index in [2.05, 4.69) is 5.32 Å². The quantitative estimate of drug-likeness (QED) is 0.166. The number of nitro benzene ring substituents is 1.